The van der Waals surface area contributed by atoms with Crippen LogP contribution in [0.3, 0.4) is 0 Å². The molecule has 1 heterocycles. The van der Waals surface area contributed by atoms with Crippen LogP contribution in [0.1, 0.15) is 5.56 Å². The van der Waals surface area contributed by atoms with Crippen molar-refractivity contribution in [2.45, 2.75) is 6.61 Å². The Morgan fingerprint density at radius 3 is 3.00 bits per heavy atom. The predicted octanol–water partition coefficient (Wildman–Crippen LogP) is 1.98. The Labute approximate surface area is 74.3 Å². The van der Waals surface area contributed by atoms with Crippen molar-refractivity contribution in [1.29, 1.82) is 0 Å². The summed E-state index contributed by atoms with van der Waals surface area (Å²) < 4.78 is 1.14. The first-order valence-corrected chi connectivity index (χ1v) is 4.56. The van der Waals surface area contributed by atoms with Crippen LogP contribution < -0.4 is 5.73 Å². The van der Waals surface area contributed by atoms with Crippen LogP contribution in [0.25, 0.3) is 10.1 Å². The third-order valence-corrected chi connectivity index (χ3v) is 2.87. The van der Waals surface area contributed by atoms with E-state index in [9.17, 15) is 0 Å². The zero-order chi connectivity index (χ0) is 8.55. The van der Waals surface area contributed by atoms with E-state index < -0.39 is 0 Å². The van der Waals surface area contributed by atoms with Crippen LogP contribution in [0, 0.1) is 0 Å². The Hall–Kier alpha value is -1.06. The number of hydrogen-bond donors (Lipinski definition) is 2. The van der Waals surface area contributed by atoms with Gasteiger partial charge in [-0.3, -0.25) is 0 Å². The zero-order valence-corrected chi connectivity index (χ0v) is 7.27. The summed E-state index contributed by atoms with van der Waals surface area (Å²) in [7, 11) is 0. The Bertz CT molecular complexity index is 408. The molecule has 3 N–H and O–H groups in total. The summed E-state index contributed by atoms with van der Waals surface area (Å²) in [6.07, 6.45) is 0. The van der Waals surface area contributed by atoms with E-state index in [0.29, 0.717) is 0 Å². The van der Waals surface area contributed by atoms with Gasteiger partial charge in [-0.05, 0) is 23.1 Å². The van der Waals surface area contributed by atoms with E-state index in [4.69, 9.17) is 10.8 Å². The number of thiophene rings is 1. The lowest BCUT2D eigenvalue weighted by atomic mass is 10.1. The smallest absolute Gasteiger partial charge is 0.0696 e. The molecule has 0 amide bonds. The van der Waals surface area contributed by atoms with Crippen molar-refractivity contribution in [1.82, 2.24) is 0 Å². The number of nitrogen functional groups attached to an aromatic ring is 1. The normalized spacial score (nSPS) is 10.8. The Morgan fingerprint density at radius 2 is 2.25 bits per heavy atom. The van der Waals surface area contributed by atoms with Gasteiger partial charge in [0.05, 0.1) is 6.61 Å². The predicted molar refractivity (Wildman–Crippen MR) is 52.2 cm³/mol. The van der Waals surface area contributed by atoms with Crippen LogP contribution in [0.2, 0.25) is 0 Å². The van der Waals surface area contributed by atoms with Crippen LogP contribution in [-0.4, -0.2) is 5.11 Å². The molecule has 2 rings (SSSR count). The van der Waals surface area contributed by atoms with Gasteiger partial charge in [0.15, 0.2) is 0 Å². The first kappa shape index (κ1) is 7.58. The second kappa shape index (κ2) is 2.77. The number of rotatable bonds is 1. The number of benzene rings is 1. The molecule has 0 aliphatic heterocycles. The van der Waals surface area contributed by atoms with E-state index in [-0.39, 0.29) is 6.61 Å². The topological polar surface area (TPSA) is 46.2 Å². The Kier molecular flexibility index (Phi) is 1.75. The van der Waals surface area contributed by atoms with Crippen LogP contribution in [0.5, 0.6) is 0 Å². The molecule has 0 saturated heterocycles. The van der Waals surface area contributed by atoms with Gasteiger partial charge in [-0.2, -0.15) is 0 Å². The standard InChI is InChI=1S/C9H9NOS/c10-7-2-1-3-8-9(7)6(4-11)5-12-8/h1-3,5,11H,4,10H2. The van der Waals surface area contributed by atoms with Gasteiger partial charge in [-0.15, -0.1) is 11.3 Å². The summed E-state index contributed by atoms with van der Waals surface area (Å²) >= 11 is 1.61. The third kappa shape index (κ3) is 0.983. The molecule has 1 aromatic heterocycles. The number of nitrogens with two attached hydrogens (primary N) is 1. The summed E-state index contributed by atoms with van der Waals surface area (Å²) in [4.78, 5) is 0. The average molecular weight is 179 g/mol. The maximum Gasteiger partial charge on any atom is 0.0696 e. The highest BCUT2D eigenvalue weighted by Crippen LogP contribution is 2.30. The molecule has 12 heavy (non-hydrogen) atoms. The van der Waals surface area contributed by atoms with Crippen LogP contribution in [0.4, 0.5) is 5.69 Å². The molecule has 0 bridgehead atoms. The van der Waals surface area contributed by atoms with E-state index in [0.717, 1.165) is 21.3 Å². The van der Waals surface area contributed by atoms with Crippen molar-refractivity contribution in [2.75, 3.05) is 5.73 Å². The van der Waals surface area contributed by atoms with E-state index in [1.807, 2.05) is 23.6 Å². The minimum atomic E-state index is 0.0637. The molecule has 62 valence electrons. The van der Waals surface area contributed by atoms with Gasteiger partial charge < -0.3 is 10.8 Å². The van der Waals surface area contributed by atoms with Crippen molar-refractivity contribution >= 4 is 27.1 Å². The zero-order valence-electron chi connectivity index (χ0n) is 6.45. The largest absolute Gasteiger partial charge is 0.398 e. The van der Waals surface area contributed by atoms with Crippen molar-refractivity contribution in [3.8, 4) is 0 Å². The highest BCUT2D eigenvalue weighted by molar-refractivity contribution is 7.17. The number of hydrogen-bond acceptors (Lipinski definition) is 3. The average Bonchev–Trinajstić information content (AvgIpc) is 2.49. The van der Waals surface area contributed by atoms with E-state index in [1.165, 1.54) is 0 Å². The van der Waals surface area contributed by atoms with Gasteiger partial charge >= 0.3 is 0 Å². The molecule has 2 nitrogen and oxygen atoms in total. The minimum Gasteiger partial charge on any atom is -0.398 e. The van der Waals surface area contributed by atoms with Crippen molar-refractivity contribution in [3.63, 3.8) is 0 Å². The molecule has 0 spiro atoms. The lowest BCUT2D eigenvalue weighted by Crippen LogP contribution is -1.87. The van der Waals surface area contributed by atoms with Crippen LogP contribution in [-0.2, 0) is 6.61 Å². The Morgan fingerprint density at radius 1 is 1.42 bits per heavy atom. The molecule has 0 aliphatic carbocycles. The molecular formula is C9H9NOS. The van der Waals surface area contributed by atoms with E-state index in [2.05, 4.69) is 0 Å². The summed E-state index contributed by atoms with van der Waals surface area (Å²) in [5.41, 5.74) is 7.44. The Balaban J connectivity index is 2.83. The molecule has 0 aliphatic rings. The molecule has 0 saturated carbocycles. The summed E-state index contributed by atoms with van der Waals surface area (Å²) in [6.45, 7) is 0.0637. The highest BCUT2D eigenvalue weighted by atomic mass is 32.1. The molecule has 1 aromatic carbocycles. The second-order valence-electron chi connectivity index (χ2n) is 2.64. The maximum absolute atomic E-state index is 9.00. The SMILES string of the molecule is Nc1cccc2scc(CO)c12. The molecule has 0 atom stereocenters. The quantitative estimate of drug-likeness (QED) is 0.657. The molecular weight excluding hydrogens is 170 g/mol. The summed E-state index contributed by atoms with van der Waals surface area (Å²) in [5, 5.41) is 12.0. The fraction of sp³-hybridized carbons (Fsp3) is 0.111. The fourth-order valence-electron chi connectivity index (χ4n) is 1.30. The minimum absolute atomic E-state index is 0.0637. The summed E-state index contributed by atoms with van der Waals surface area (Å²) in [6, 6.07) is 5.79. The van der Waals surface area contributed by atoms with Crippen LogP contribution in [0.15, 0.2) is 23.6 Å². The molecule has 2 aromatic rings. The lowest BCUT2D eigenvalue weighted by Gasteiger charge is -1.97. The molecule has 0 fully saturated rings. The van der Waals surface area contributed by atoms with Gasteiger partial charge in [-0.1, -0.05) is 6.07 Å². The third-order valence-electron chi connectivity index (χ3n) is 1.88. The van der Waals surface area contributed by atoms with Crippen molar-refractivity contribution < 1.29 is 5.11 Å². The highest BCUT2D eigenvalue weighted by Gasteiger charge is 2.04. The maximum atomic E-state index is 9.00. The van der Waals surface area contributed by atoms with Crippen molar-refractivity contribution in [2.24, 2.45) is 0 Å². The molecule has 0 radical (unpaired) electrons. The number of anilines is 1. The van der Waals surface area contributed by atoms with Gasteiger partial charge in [0.1, 0.15) is 0 Å². The monoisotopic (exact) mass is 179 g/mol. The number of fused-ring (bicyclic) bond motifs is 1. The molecule has 3 heteroatoms. The van der Waals surface area contributed by atoms with Crippen molar-refractivity contribution in [3.05, 3.63) is 29.1 Å². The van der Waals surface area contributed by atoms with Gasteiger partial charge in [0.25, 0.3) is 0 Å². The number of aliphatic hydroxyl groups excluding tert-OH is 1. The molecule has 0 unspecified atom stereocenters. The van der Waals surface area contributed by atoms with Gasteiger partial charge in [0.2, 0.25) is 0 Å². The van der Waals surface area contributed by atoms with E-state index in [1.54, 1.807) is 11.3 Å². The lowest BCUT2D eigenvalue weighted by molar-refractivity contribution is 0.284. The first-order valence-electron chi connectivity index (χ1n) is 3.68. The fourth-order valence-corrected chi connectivity index (χ4v) is 2.29. The van der Waals surface area contributed by atoms with Gasteiger partial charge in [-0.25, -0.2) is 0 Å². The summed E-state index contributed by atoms with van der Waals surface area (Å²) in [5.74, 6) is 0. The first-order chi connectivity index (χ1) is 5.83. The van der Waals surface area contributed by atoms with Gasteiger partial charge in [0, 0.05) is 15.8 Å². The number of aliphatic hydroxyl groups is 1. The van der Waals surface area contributed by atoms with Crippen LogP contribution >= 0.6 is 11.3 Å². The second-order valence-corrected chi connectivity index (χ2v) is 3.55. The van der Waals surface area contributed by atoms with E-state index >= 15 is 0 Å².